The molecule has 0 unspecified atom stereocenters. The smallest absolute Gasteiger partial charge is 0.303 e. The molecule has 1 amide bonds. The van der Waals surface area contributed by atoms with Crippen molar-refractivity contribution in [2.45, 2.75) is 58.9 Å². The number of hydrogen-bond donors (Lipinski definition) is 1. The van der Waals surface area contributed by atoms with Crippen LogP contribution in [0.15, 0.2) is 9.70 Å². The van der Waals surface area contributed by atoms with Crippen LogP contribution in [0, 0.1) is 18.3 Å². The monoisotopic (exact) mass is 488 g/mol. The molecule has 0 radical (unpaired) electrons. The molecule has 0 bridgehead atoms. The van der Waals surface area contributed by atoms with Gasteiger partial charge in [0, 0.05) is 38.2 Å². The normalized spacial score (nSPS) is 17.3. The predicted octanol–water partition coefficient (Wildman–Crippen LogP) is 3.49. The van der Waals surface area contributed by atoms with Gasteiger partial charge >= 0.3 is 5.97 Å². The fraction of sp³-hybridized carbons (Fsp3) is 0.522. The van der Waals surface area contributed by atoms with E-state index in [1.165, 1.54) is 16.7 Å². The van der Waals surface area contributed by atoms with Gasteiger partial charge < -0.3 is 10.0 Å². The van der Waals surface area contributed by atoms with Gasteiger partial charge in [-0.1, -0.05) is 37.3 Å². The van der Waals surface area contributed by atoms with Crippen molar-refractivity contribution in [1.82, 2.24) is 9.47 Å². The minimum absolute atomic E-state index is 0.0394. The van der Waals surface area contributed by atoms with Crippen molar-refractivity contribution < 1.29 is 14.7 Å². The molecule has 2 fully saturated rings. The highest BCUT2D eigenvalue weighted by molar-refractivity contribution is 8.26. The van der Waals surface area contributed by atoms with Crippen LogP contribution in [0.2, 0.25) is 0 Å². The molecule has 2 saturated heterocycles. The SMILES string of the molecule is CCCCn1c(N2CCCC2)c(/C=C2\SC(=S)N(CCCC(=O)O)C2=O)c(C)c(C#N)c1=O. The highest BCUT2D eigenvalue weighted by Crippen LogP contribution is 2.36. The Labute approximate surface area is 202 Å². The maximum absolute atomic E-state index is 13.2. The summed E-state index contributed by atoms with van der Waals surface area (Å²) in [6, 6.07) is 2.07. The second-order valence-corrected chi connectivity index (χ2v) is 9.86. The van der Waals surface area contributed by atoms with Crippen LogP contribution in [0.1, 0.15) is 62.1 Å². The van der Waals surface area contributed by atoms with Crippen LogP contribution in [0.4, 0.5) is 5.82 Å². The number of pyridine rings is 1. The van der Waals surface area contributed by atoms with Gasteiger partial charge in [-0.2, -0.15) is 5.26 Å². The number of amides is 1. The van der Waals surface area contributed by atoms with E-state index in [1.807, 2.05) is 0 Å². The minimum atomic E-state index is -0.916. The molecule has 2 aliphatic heterocycles. The molecule has 10 heteroatoms. The number of thiocarbonyl (C=S) groups is 1. The molecule has 0 aromatic carbocycles. The summed E-state index contributed by atoms with van der Waals surface area (Å²) in [5.41, 5.74) is 1.07. The first-order chi connectivity index (χ1) is 15.8. The maximum atomic E-state index is 13.2. The highest BCUT2D eigenvalue weighted by atomic mass is 32.2. The van der Waals surface area contributed by atoms with Gasteiger partial charge in [0.1, 0.15) is 21.8 Å². The number of nitriles is 1. The summed E-state index contributed by atoms with van der Waals surface area (Å²) < 4.78 is 2.08. The van der Waals surface area contributed by atoms with E-state index >= 15 is 0 Å². The van der Waals surface area contributed by atoms with Crippen molar-refractivity contribution in [3.8, 4) is 6.07 Å². The van der Waals surface area contributed by atoms with Crippen LogP contribution in [-0.2, 0) is 16.1 Å². The Hall–Kier alpha value is -2.64. The summed E-state index contributed by atoms with van der Waals surface area (Å²) >= 11 is 6.55. The third kappa shape index (κ3) is 5.31. The van der Waals surface area contributed by atoms with E-state index in [0.29, 0.717) is 33.3 Å². The lowest BCUT2D eigenvalue weighted by atomic mass is 10.0. The molecule has 2 aliphatic rings. The predicted molar refractivity (Wildman–Crippen MR) is 133 cm³/mol. The number of hydrogen-bond acceptors (Lipinski definition) is 7. The summed E-state index contributed by atoms with van der Waals surface area (Å²) in [7, 11) is 0. The molecule has 0 saturated carbocycles. The first-order valence-corrected chi connectivity index (χ1v) is 12.4. The Bertz CT molecular complexity index is 1100. The average Bonchev–Trinajstić information content (AvgIpc) is 3.39. The largest absolute Gasteiger partial charge is 0.481 e. The lowest BCUT2D eigenvalue weighted by Gasteiger charge is -2.27. The van der Waals surface area contributed by atoms with Crippen LogP contribution in [0.25, 0.3) is 6.08 Å². The Balaban J connectivity index is 2.09. The van der Waals surface area contributed by atoms with Gasteiger partial charge in [-0.3, -0.25) is 23.9 Å². The number of anilines is 1. The second kappa shape index (κ2) is 11.0. The van der Waals surface area contributed by atoms with Gasteiger partial charge in [0.2, 0.25) is 0 Å². The van der Waals surface area contributed by atoms with Crippen molar-refractivity contribution in [2.75, 3.05) is 24.5 Å². The Kier molecular flexibility index (Phi) is 8.32. The fourth-order valence-electron chi connectivity index (χ4n) is 4.15. The number of aliphatic carboxylic acids is 1. The Morgan fingerprint density at radius 2 is 1.94 bits per heavy atom. The Morgan fingerprint density at radius 3 is 2.55 bits per heavy atom. The molecule has 1 aromatic heterocycles. The molecule has 3 heterocycles. The molecule has 0 aliphatic carbocycles. The summed E-state index contributed by atoms with van der Waals surface area (Å²) in [4.78, 5) is 41.1. The number of unbranched alkanes of at least 4 members (excludes halogenated alkanes) is 1. The van der Waals surface area contributed by atoms with E-state index in [2.05, 4.69) is 17.9 Å². The molecular formula is C23H28N4O4S2. The zero-order chi connectivity index (χ0) is 24.1. The maximum Gasteiger partial charge on any atom is 0.303 e. The summed E-state index contributed by atoms with van der Waals surface area (Å²) in [6.07, 6.45) is 5.78. The summed E-state index contributed by atoms with van der Waals surface area (Å²) in [6.45, 7) is 6.18. The zero-order valence-electron chi connectivity index (χ0n) is 18.9. The second-order valence-electron chi connectivity index (χ2n) is 8.18. The molecule has 3 rings (SSSR count). The number of carboxylic acid groups (broad SMARTS) is 1. The average molecular weight is 489 g/mol. The van der Waals surface area contributed by atoms with E-state index < -0.39 is 5.97 Å². The van der Waals surface area contributed by atoms with Crippen LogP contribution in [0.3, 0.4) is 0 Å². The molecule has 33 heavy (non-hydrogen) atoms. The van der Waals surface area contributed by atoms with Crippen molar-refractivity contribution in [3.63, 3.8) is 0 Å². The van der Waals surface area contributed by atoms with Crippen molar-refractivity contribution in [2.24, 2.45) is 0 Å². The third-order valence-corrected chi connectivity index (χ3v) is 7.29. The first-order valence-electron chi connectivity index (χ1n) is 11.2. The molecule has 1 N–H and O–H groups in total. The Morgan fingerprint density at radius 1 is 1.24 bits per heavy atom. The molecular weight excluding hydrogens is 460 g/mol. The topological polar surface area (TPSA) is 107 Å². The molecule has 8 nitrogen and oxygen atoms in total. The van der Waals surface area contributed by atoms with E-state index in [0.717, 1.165) is 44.6 Å². The van der Waals surface area contributed by atoms with E-state index in [1.54, 1.807) is 17.6 Å². The van der Waals surface area contributed by atoms with Crippen molar-refractivity contribution >= 4 is 52.1 Å². The number of thioether (sulfide) groups is 1. The third-order valence-electron chi connectivity index (χ3n) is 5.91. The summed E-state index contributed by atoms with van der Waals surface area (Å²) in [5.74, 6) is -0.425. The molecule has 0 atom stereocenters. The van der Waals surface area contributed by atoms with E-state index in [4.69, 9.17) is 17.3 Å². The molecule has 0 spiro atoms. The van der Waals surface area contributed by atoms with Crippen LogP contribution < -0.4 is 10.5 Å². The minimum Gasteiger partial charge on any atom is -0.481 e. The zero-order valence-corrected chi connectivity index (χ0v) is 20.6. The lowest BCUT2D eigenvalue weighted by Crippen LogP contribution is -2.33. The van der Waals surface area contributed by atoms with Crippen molar-refractivity contribution in [1.29, 1.82) is 5.26 Å². The number of carboxylic acids is 1. The number of rotatable bonds is 9. The molecule has 176 valence electrons. The van der Waals surface area contributed by atoms with Crippen LogP contribution in [-0.4, -0.2) is 50.4 Å². The lowest BCUT2D eigenvalue weighted by molar-refractivity contribution is -0.137. The van der Waals surface area contributed by atoms with Crippen LogP contribution in [0.5, 0.6) is 0 Å². The number of nitrogens with zero attached hydrogens (tertiary/aromatic N) is 4. The van der Waals surface area contributed by atoms with Gasteiger partial charge in [-0.15, -0.1) is 0 Å². The van der Waals surface area contributed by atoms with Gasteiger partial charge in [0.15, 0.2) is 0 Å². The van der Waals surface area contributed by atoms with E-state index in [-0.39, 0.29) is 30.0 Å². The fourth-order valence-corrected chi connectivity index (χ4v) is 5.44. The number of carbonyl (C=O) groups excluding carboxylic acids is 1. The highest BCUT2D eigenvalue weighted by Gasteiger charge is 2.33. The first kappa shape index (κ1) is 25.0. The van der Waals surface area contributed by atoms with Crippen LogP contribution >= 0.6 is 24.0 Å². The molecule has 1 aromatic rings. The number of aromatic nitrogens is 1. The van der Waals surface area contributed by atoms with Crippen molar-refractivity contribution in [3.05, 3.63) is 31.9 Å². The number of carbonyl (C=O) groups is 2. The van der Waals surface area contributed by atoms with Gasteiger partial charge in [-0.25, -0.2) is 0 Å². The quantitative estimate of drug-likeness (QED) is 0.416. The van der Waals surface area contributed by atoms with Gasteiger partial charge in [-0.05, 0) is 44.2 Å². The summed E-state index contributed by atoms with van der Waals surface area (Å²) in [5, 5.41) is 18.6. The standard InChI is InChI=1S/C23H28N4O4S2/c1-3-4-11-26-20(25-9-5-6-10-25)16(15(2)17(14-24)21(26)30)13-18-22(31)27(23(32)33-18)12-7-8-19(28)29/h13H,3-12H2,1-2H3,(H,28,29)/b18-13-. The van der Waals surface area contributed by atoms with E-state index in [9.17, 15) is 19.6 Å². The van der Waals surface area contributed by atoms with Gasteiger partial charge in [0.05, 0.1) is 4.91 Å². The van der Waals surface area contributed by atoms with Gasteiger partial charge in [0.25, 0.3) is 11.5 Å².